The van der Waals surface area contributed by atoms with E-state index in [1.165, 1.54) is 5.56 Å². The summed E-state index contributed by atoms with van der Waals surface area (Å²) in [5, 5.41) is 0. The molecule has 0 unspecified atom stereocenters. The molecule has 23 heavy (non-hydrogen) atoms. The van der Waals surface area contributed by atoms with Crippen LogP contribution in [0.25, 0.3) is 0 Å². The minimum absolute atomic E-state index is 0.215. The van der Waals surface area contributed by atoms with Crippen LogP contribution >= 0.6 is 0 Å². The number of ketones is 1. The number of carbonyl (C=O) groups excluding carboxylic acids is 1. The first kappa shape index (κ1) is 14.1. The van der Waals surface area contributed by atoms with E-state index in [9.17, 15) is 4.79 Å². The van der Waals surface area contributed by atoms with Crippen molar-refractivity contribution in [2.24, 2.45) is 0 Å². The van der Waals surface area contributed by atoms with Crippen LogP contribution in [0.4, 0.5) is 5.69 Å². The molecular formula is C20H19NO2. The van der Waals surface area contributed by atoms with Crippen molar-refractivity contribution in [3.05, 3.63) is 71.8 Å². The third-order valence-electron chi connectivity index (χ3n) is 4.94. The molecule has 0 N–H and O–H groups in total. The number of rotatable bonds is 3. The maximum Gasteiger partial charge on any atom is 0.191 e. The van der Waals surface area contributed by atoms with Gasteiger partial charge in [-0.1, -0.05) is 42.5 Å². The molecule has 0 saturated carbocycles. The number of ether oxygens (including phenoxy) is 1. The summed E-state index contributed by atoms with van der Waals surface area (Å²) in [5.74, 6) is 0.951. The Kier molecular flexibility index (Phi) is 3.22. The molecule has 1 aliphatic carbocycles. The quantitative estimate of drug-likeness (QED) is 0.803. The highest BCUT2D eigenvalue weighted by atomic mass is 16.5. The van der Waals surface area contributed by atoms with Crippen LogP contribution in [0.5, 0.6) is 5.75 Å². The van der Waals surface area contributed by atoms with Crippen LogP contribution in [0.2, 0.25) is 0 Å². The van der Waals surface area contributed by atoms with Crippen LogP contribution in [0.1, 0.15) is 28.8 Å². The molecule has 0 radical (unpaired) electrons. The van der Waals surface area contributed by atoms with Crippen molar-refractivity contribution >= 4 is 11.5 Å². The SMILES string of the molecule is COc1ccc2c(c1)C(=O)C1(CC=CC1)N2Cc1ccccc1. The molecular weight excluding hydrogens is 286 g/mol. The van der Waals surface area contributed by atoms with Crippen molar-refractivity contribution in [3.63, 3.8) is 0 Å². The Labute approximate surface area is 136 Å². The number of hydrogen-bond acceptors (Lipinski definition) is 3. The Morgan fingerprint density at radius 2 is 1.83 bits per heavy atom. The minimum atomic E-state index is -0.454. The Balaban J connectivity index is 1.80. The summed E-state index contributed by atoms with van der Waals surface area (Å²) in [6.45, 7) is 0.744. The highest BCUT2D eigenvalue weighted by molar-refractivity contribution is 6.14. The van der Waals surface area contributed by atoms with Crippen molar-refractivity contribution in [2.75, 3.05) is 12.0 Å². The van der Waals surface area contributed by atoms with Gasteiger partial charge in [0.1, 0.15) is 11.3 Å². The first-order valence-electron chi connectivity index (χ1n) is 7.94. The number of benzene rings is 2. The zero-order chi connectivity index (χ0) is 15.9. The summed E-state index contributed by atoms with van der Waals surface area (Å²) in [5.41, 5.74) is 2.56. The fraction of sp³-hybridized carbons (Fsp3) is 0.250. The summed E-state index contributed by atoms with van der Waals surface area (Å²) in [6, 6.07) is 16.2. The van der Waals surface area contributed by atoms with E-state index in [4.69, 9.17) is 4.74 Å². The second kappa shape index (κ2) is 5.27. The van der Waals surface area contributed by atoms with Gasteiger partial charge in [0.2, 0.25) is 0 Å². The van der Waals surface area contributed by atoms with Crippen LogP contribution in [0.15, 0.2) is 60.7 Å². The molecule has 1 aliphatic heterocycles. The molecule has 3 nitrogen and oxygen atoms in total. The van der Waals surface area contributed by atoms with Gasteiger partial charge in [-0.15, -0.1) is 0 Å². The zero-order valence-corrected chi connectivity index (χ0v) is 13.2. The van der Waals surface area contributed by atoms with Gasteiger partial charge in [0.05, 0.1) is 7.11 Å². The van der Waals surface area contributed by atoms with Gasteiger partial charge in [0, 0.05) is 17.8 Å². The molecule has 1 heterocycles. The summed E-state index contributed by atoms with van der Waals surface area (Å²) in [4.78, 5) is 15.4. The van der Waals surface area contributed by atoms with Crippen molar-refractivity contribution in [2.45, 2.75) is 24.9 Å². The molecule has 2 aromatic carbocycles. The predicted octanol–water partition coefficient (Wildman–Crippen LogP) is 3.99. The molecule has 0 aromatic heterocycles. The fourth-order valence-corrected chi connectivity index (χ4v) is 3.71. The third kappa shape index (κ3) is 2.07. The molecule has 4 rings (SSSR count). The first-order chi connectivity index (χ1) is 11.2. The lowest BCUT2D eigenvalue weighted by Gasteiger charge is -2.36. The Bertz CT molecular complexity index is 771. The number of carbonyl (C=O) groups is 1. The van der Waals surface area contributed by atoms with Crippen molar-refractivity contribution < 1.29 is 9.53 Å². The highest BCUT2D eigenvalue weighted by Gasteiger charge is 2.51. The van der Waals surface area contributed by atoms with E-state index in [-0.39, 0.29) is 5.78 Å². The van der Waals surface area contributed by atoms with E-state index in [1.807, 2.05) is 36.4 Å². The van der Waals surface area contributed by atoms with E-state index in [0.717, 1.165) is 36.4 Å². The van der Waals surface area contributed by atoms with Gasteiger partial charge >= 0.3 is 0 Å². The Morgan fingerprint density at radius 1 is 1.09 bits per heavy atom. The molecule has 0 amide bonds. The van der Waals surface area contributed by atoms with Gasteiger partial charge < -0.3 is 9.64 Å². The number of methoxy groups -OCH3 is 1. The van der Waals surface area contributed by atoms with Gasteiger partial charge in [0.25, 0.3) is 0 Å². The maximum atomic E-state index is 13.2. The van der Waals surface area contributed by atoms with Crippen molar-refractivity contribution in [3.8, 4) is 5.75 Å². The number of anilines is 1. The van der Waals surface area contributed by atoms with E-state index in [1.54, 1.807) is 7.11 Å². The summed E-state index contributed by atoms with van der Waals surface area (Å²) < 4.78 is 5.31. The second-order valence-corrected chi connectivity index (χ2v) is 6.20. The Hall–Kier alpha value is -2.55. The maximum absolute atomic E-state index is 13.2. The molecule has 116 valence electrons. The molecule has 0 saturated heterocycles. The zero-order valence-electron chi connectivity index (χ0n) is 13.2. The lowest BCUT2D eigenvalue weighted by Crippen LogP contribution is -2.48. The van der Waals surface area contributed by atoms with Crippen LogP contribution in [-0.4, -0.2) is 18.4 Å². The average Bonchev–Trinajstić information content (AvgIpc) is 3.17. The smallest absolute Gasteiger partial charge is 0.191 e. The standard InChI is InChI=1S/C20H19NO2/c1-23-16-9-10-18-17(13-16)19(22)20(11-5-6-12-20)21(18)14-15-7-3-2-4-8-15/h2-10,13H,11-12,14H2,1H3. The first-order valence-corrected chi connectivity index (χ1v) is 7.94. The number of nitrogens with zero attached hydrogens (tertiary/aromatic N) is 1. The van der Waals surface area contributed by atoms with Crippen LogP contribution in [-0.2, 0) is 6.54 Å². The van der Waals surface area contributed by atoms with Gasteiger partial charge in [0.15, 0.2) is 5.78 Å². The van der Waals surface area contributed by atoms with Crippen molar-refractivity contribution in [1.29, 1.82) is 0 Å². The number of fused-ring (bicyclic) bond motifs is 1. The molecule has 1 spiro atoms. The lowest BCUT2D eigenvalue weighted by molar-refractivity contribution is 0.0906. The van der Waals surface area contributed by atoms with Crippen LogP contribution in [0.3, 0.4) is 0 Å². The molecule has 2 aliphatic rings. The van der Waals surface area contributed by atoms with Crippen molar-refractivity contribution in [1.82, 2.24) is 0 Å². The third-order valence-corrected chi connectivity index (χ3v) is 4.94. The largest absolute Gasteiger partial charge is 0.497 e. The van der Waals surface area contributed by atoms with E-state index >= 15 is 0 Å². The van der Waals surface area contributed by atoms with E-state index < -0.39 is 5.54 Å². The second-order valence-electron chi connectivity index (χ2n) is 6.20. The average molecular weight is 305 g/mol. The predicted molar refractivity (Wildman–Crippen MR) is 91.1 cm³/mol. The monoisotopic (exact) mass is 305 g/mol. The van der Waals surface area contributed by atoms with Gasteiger partial charge in [-0.25, -0.2) is 0 Å². The molecule has 0 atom stereocenters. The van der Waals surface area contributed by atoms with Crippen LogP contribution in [0, 0.1) is 0 Å². The van der Waals surface area contributed by atoms with Crippen LogP contribution < -0.4 is 9.64 Å². The topological polar surface area (TPSA) is 29.5 Å². The molecule has 0 fully saturated rings. The minimum Gasteiger partial charge on any atom is -0.497 e. The van der Waals surface area contributed by atoms with E-state index in [2.05, 4.69) is 29.2 Å². The van der Waals surface area contributed by atoms with Gasteiger partial charge in [-0.05, 0) is 36.6 Å². The highest BCUT2D eigenvalue weighted by Crippen LogP contribution is 2.47. The summed E-state index contributed by atoms with van der Waals surface area (Å²) >= 11 is 0. The normalized spacial score (nSPS) is 17.8. The number of Topliss-reactive ketones (excluding diaryl/α,β-unsaturated/α-hetero) is 1. The van der Waals surface area contributed by atoms with Gasteiger partial charge in [-0.3, -0.25) is 4.79 Å². The lowest BCUT2D eigenvalue weighted by atomic mass is 9.89. The number of hydrogen-bond donors (Lipinski definition) is 0. The fourth-order valence-electron chi connectivity index (χ4n) is 3.71. The van der Waals surface area contributed by atoms with Gasteiger partial charge in [-0.2, -0.15) is 0 Å². The Morgan fingerprint density at radius 3 is 2.52 bits per heavy atom. The van der Waals surface area contributed by atoms with E-state index in [0.29, 0.717) is 0 Å². The summed E-state index contributed by atoms with van der Waals surface area (Å²) in [6.07, 6.45) is 5.79. The molecule has 0 bridgehead atoms. The summed E-state index contributed by atoms with van der Waals surface area (Å²) in [7, 11) is 1.63. The molecule has 2 aromatic rings. The molecule has 3 heteroatoms.